The minimum Gasteiger partial charge on any atom is -0.390 e. The Bertz CT molecular complexity index is 601. The molecular weight excluding hydrogens is 302 g/mol. The fourth-order valence-corrected chi connectivity index (χ4v) is 2.12. The van der Waals surface area contributed by atoms with E-state index in [9.17, 15) is 10.1 Å². The van der Waals surface area contributed by atoms with Crippen LogP contribution in [-0.4, -0.2) is 25.2 Å². The number of para-hydroxylation sites is 1. The first-order chi connectivity index (χ1) is 11.5. The van der Waals surface area contributed by atoms with E-state index in [1.54, 1.807) is 0 Å². The third-order valence-corrected chi connectivity index (χ3v) is 3.36. The lowest BCUT2D eigenvalue weighted by Gasteiger charge is -2.13. The van der Waals surface area contributed by atoms with Crippen molar-refractivity contribution in [1.29, 1.82) is 5.26 Å². The molecule has 1 aromatic rings. The van der Waals surface area contributed by atoms with Crippen molar-refractivity contribution < 1.29 is 9.53 Å². The number of benzene rings is 1. The van der Waals surface area contributed by atoms with Gasteiger partial charge in [0.1, 0.15) is 11.6 Å². The third kappa shape index (κ3) is 6.84. The Labute approximate surface area is 144 Å². The monoisotopic (exact) mass is 329 g/mol. The number of anilines is 1. The second kappa shape index (κ2) is 10.5. The molecule has 2 N–H and O–H groups in total. The SMILES string of the molecule is CC(C)OCCCN/C=C(/C#N)C(=O)Nc1ccccc1C(C)C. The molecule has 0 aliphatic heterocycles. The van der Waals surface area contributed by atoms with Crippen molar-refractivity contribution in [1.82, 2.24) is 5.32 Å². The molecule has 0 saturated heterocycles. The van der Waals surface area contributed by atoms with Crippen LogP contribution in [0.25, 0.3) is 0 Å². The maximum Gasteiger partial charge on any atom is 0.267 e. The fourth-order valence-electron chi connectivity index (χ4n) is 2.12. The first-order valence-corrected chi connectivity index (χ1v) is 8.31. The summed E-state index contributed by atoms with van der Waals surface area (Å²) in [6, 6.07) is 9.56. The van der Waals surface area contributed by atoms with Gasteiger partial charge in [-0.15, -0.1) is 0 Å². The highest BCUT2D eigenvalue weighted by atomic mass is 16.5. The van der Waals surface area contributed by atoms with Gasteiger partial charge in [-0.2, -0.15) is 5.26 Å². The molecule has 1 amide bonds. The van der Waals surface area contributed by atoms with E-state index in [1.165, 1.54) is 6.20 Å². The summed E-state index contributed by atoms with van der Waals surface area (Å²) in [4.78, 5) is 12.3. The molecule has 1 aromatic carbocycles. The Balaban J connectivity index is 2.58. The van der Waals surface area contributed by atoms with Gasteiger partial charge in [0, 0.05) is 25.0 Å². The number of rotatable bonds is 9. The van der Waals surface area contributed by atoms with Gasteiger partial charge in [-0.1, -0.05) is 32.0 Å². The zero-order chi connectivity index (χ0) is 17.9. The largest absolute Gasteiger partial charge is 0.390 e. The highest BCUT2D eigenvalue weighted by Crippen LogP contribution is 2.23. The van der Waals surface area contributed by atoms with Crippen LogP contribution in [0.5, 0.6) is 0 Å². The Morgan fingerprint density at radius 3 is 2.62 bits per heavy atom. The number of amides is 1. The van der Waals surface area contributed by atoms with Crippen molar-refractivity contribution in [2.24, 2.45) is 0 Å². The summed E-state index contributed by atoms with van der Waals surface area (Å²) in [5.74, 6) is -0.119. The molecule has 0 bridgehead atoms. The lowest BCUT2D eigenvalue weighted by molar-refractivity contribution is -0.112. The zero-order valence-electron chi connectivity index (χ0n) is 14.9. The van der Waals surface area contributed by atoms with E-state index in [4.69, 9.17) is 4.74 Å². The summed E-state index contributed by atoms with van der Waals surface area (Å²) in [7, 11) is 0. The van der Waals surface area contributed by atoms with E-state index < -0.39 is 5.91 Å². The van der Waals surface area contributed by atoms with Gasteiger partial charge < -0.3 is 15.4 Å². The molecule has 0 aliphatic rings. The summed E-state index contributed by atoms with van der Waals surface area (Å²) >= 11 is 0. The van der Waals surface area contributed by atoms with Gasteiger partial charge in [0.15, 0.2) is 0 Å². The number of nitriles is 1. The van der Waals surface area contributed by atoms with Crippen LogP contribution < -0.4 is 10.6 Å². The molecule has 0 unspecified atom stereocenters. The standard InChI is InChI=1S/C19H27N3O2/c1-14(2)17-8-5-6-9-18(17)22-19(23)16(12-20)13-21-10-7-11-24-15(3)4/h5-6,8-9,13-15,21H,7,10-11H2,1-4H3,(H,22,23)/b16-13-. The first kappa shape index (κ1) is 19.7. The van der Waals surface area contributed by atoms with Crippen LogP contribution in [0.4, 0.5) is 5.69 Å². The van der Waals surface area contributed by atoms with Gasteiger partial charge in [0.05, 0.1) is 6.10 Å². The maximum atomic E-state index is 12.3. The first-order valence-electron chi connectivity index (χ1n) is 8.31. The van der Waals surface area contributed by atoms with Crippen molar-refractivity contribution in [3.63, 3.8) is 0 Å². The average Bonchev–Trinajstić information content (AvgIpc) is 2.54. The molecule has 0 heterocycles. The second-order valence-corrected chi connectivity index (χ2v) is 6.09. The van der Waals surface area contributed by atoms with Gasteiger partial charge in [0.2, 0.25) is 0 Å². The van der Waals surface area contributed by atoms with Crippen LogP contribution in [0.2, 0.25) is 0 Å². The minimum absolute atomic E-state index is 0.0540. The zero-order valence-corrected chi connectivity index (χ0v) is 14.9. The lowest BCUT2D eigenvalue weighted by atomic mass is 10.0. The van der Waals surface area contributed by atoms with Gasteiger partial charge in [-0.05, 0) is 37.8 Å². The van der Waals surface area contributed by atoms with Crippen molar-refractivity contribution in [2.45, 2.75) is 46.1 Å². The molecule has 5 heteroatoms. The molecule has 0 aromatic heterocycles. The average molecular weight is 329 g/mol. The summed E-state index contributed by atoms with van der Waals surface area (Å²) in [6.45, 7) is 9.39. The Morgan fingerprint density at radius 1 is 1.29 bits per heavy atom. The number of carbonyl (C=O) groups is 1. The normalized spacial score (nSPS) is 11.5. The predicted octanol–water partition coefficient (Wildman–Crippen LogP) is 3.56. The Morgan fingerprint density at radius 2 is 2.00 bits per heavy atom. The molecule has 0 fully saturated rings. The molecule has 0 saturated carbocycles. The molecule has 0 atom stereocenters. The van der Waals surface area contributed by atoms with Crippen molar-refractivity contribution in [3.05, 3.63) is 41.6 Å². The highest BCUT2D eigenvalue weighted by molar-refractivity contribution is 6.06. The van der Waals surface area contributed by atoms with Crippen LogP contribution in [0, 0.1) is 11.3 Å². The predicted molar refractivity (Wildman–Crippen MR) is 96.6 cm³/mol. The quantitative estimate of drug-likeness (QED) is 0.413. The van der Waals surface area contributed by atoms with Crippen LogP contribution in [0.3, 0.4) is 0 Å². The van der Waals surface area contributed by atoms with Crippen LogP contribution in [-0.2, 0) is 9.53 Å². The minimum atomic E-state index is -0.406. The molecule has 0 radical (unpaired) electrons. The molecule has 130 valence electrons. The number of hydrogen-bond donors (Lipinski definition) is 2. The molecule has 0 aliphatic carbocycles. The van der Waals surface area contributed by atoms with E-state index in [1.807, 2.05) is 44.2 Å². The highest BCUT2D eigenvalue weighted by Gasteiger charge is 2.12. The lowest BCUT2D eigenvalue weighted by Crippen LogP contribution is -2.19. The topological polar surface area (TPSA) is 74.1 Å². The molecule has 5 nitrogen and oxygen atoms in total. The van der Waals surface area contributed by atoms with Gasteiger partial charge in [-0.3, -0.25) is 4.79 Å². The Kier molecular flexibility index (Phi) is 8.59. The fraction of sp³-hybridized carbons (Fsp3) is 0.474. The van der Waals surface area contributed by atoms with Crippen molar-refractivity contribution in [2.75, 3.05) is 18.5 Å². The van der Waals surface area contributed by atoms with Gasteiger partial charge in [-0.25, -0.2) is 0 Å². The maximum absolute atomic E-state index is 12.3. The summed E-state index contributed by atoms with van der Waals surface area (Å²) < 4.78 is 5.43. The Hall–Kier alpha value is -2.32. The number of nitrogens with zero attached hydrogens (tertiary/aromatic N) is 1. The summed E-state index contributed by atoms with van der Waals surface area (Å²) in [6.07, 6.45) is 2.48. The van der Waals surface area contributed by atoms with E-state index in [0.717, 1.165) is 17.7 Å². The van der Waals surface area contributed by atoms with Crippen molar-refractivity contribution in [3.8, 4) is 6.07 Å². The molecular formula is C19H27N3O2. The third-order valence-electron chi connectivity index (χ3n) is 3.36. The molecule has 24 heavy (non-hydrogen) atoms. The van der Waals surface area contributed by atoms with Crippen LogP contribution in [0.15, 0.2) is 36.0 Å². The van der Waals surface area contributed by atoms with E-state index in [0.29, 0.717) is 13.2 Å². The number of carbonyl (C=O) groups excluding carboxylic acids is 1. The van der Waals surface area contributed by atoms with Crippen molar-refractivity contribution >= 4 is 11.6 Å². The van der Waals surface area contributed by atoms with E-state index in [-0.39, 0.29) is 17.6 Å². The van der Waals surface area contributed by atoms with Gasteiger partial charge in [0.25, 0.3) is 5.91 Å². The second-order valence-electron chi connectivity index (χ2n) is 6.09. The summed E-state index contributed by atoms with van der Waals surface area (Å²) in [5, 5.41) is 15.0. The number of hydrogen-bond acceptors (Lipinski definition) is 4. The molecule has 1 rings (SSSR count). The number of ether oxygens (including phenoxy) is 1. The van der Waals surface area contributed by atoms with E-state index in [2.05, 4.69) is 24.5 Å². The van der Waals surface area contributed by atoms with E-state index >= 15 is 0 Å². The molecule has 0 spiro atoms. The number of nitrogens with one attached hydrogen (secondary N) is 2. The van der Waals surface area contributed by atoms with Crippen LogP contribution >= 0.6 is 0 Å². The summed E-state index contributed by atoms with van der Waals surface area (Å²) in [5.41, 5.74) is 1.84. The van der Waals surface area contributed by atoms with Crippen LogP contribution in [0.1, 0.15) is 45.6 Å². The smallest absolute Gasteiger partial charge is 0.267 e. The van der Waals surface area contributed by atoms with Gasteiger partial charge >= 0.3 is 0 Å².